The molecule has 0 N–H and O–H groups in total. The van der Waals surface area contributed by atoms with Crippen LogP contribution in [0.1, 0.15) is 12.0 Å². The van der Waals surface area contributed by atoms with Gasteiger partial charge in [0.05, 0.1) is 0 Å². The Bertz CT molecular complexity index is 326. The summed E-state index contributed by atoms with van der Waals surface area (Å²) in [5.74, 6) is 0. The van der Waals surface area contributed by atoms with Gasteiger partial charge in [0.15, 0.2) is 0 Å². The summed E-state index contributed by atoms with van der Waals surface area (Å²) in [5.41, 5.74) is 1.03. The summed E-state index contributed by atoms with van der Waals surface area (Å²) in [6, 6.07) is 6.94. The number of rotatable bonds is 4. The van der Waals surface area contributed by atoms with Crippen molar-refractivity contribution in [3.8, 4) is 0 Å². The van der Waals surface area contributed by atoms with E-state index in [2.05, 4.69) is 6.58 Å². The van der Waals surface area contributed by atoms with Crippen LogP contribution >= 0.6 is 0 Å². The zero-order chi connectivity index (χ0) is 9.68. The SMILES string of the molecule is C=CCCc1cccc(S(=O)[O-])c1.[Li+]. The topological polar surface area (TPSA) is 40.1 Å². The minimum absolute atomic E-state index is 0. The normalized spacial score (nSPS) is 11.5. The van der Waals surface area contributed by atoms with Gasteiger partial charge in [0.2, 0.25) is 0 Å². The quantitative estimate of drug-likeness (QED) is 0.359. The summed E-state index contributed by atoms with van der Waals surface area (Å²) in [6.07, 6.45) is 3.53. The Morgan fingerprint density at radius 3 is 2.79 bits per heavy atom. The first-order valence-corrected chi connectivity index (χ1v) is 5.10. The molecule has 70 valence electrons. The largest absolute Gasteiger partial charge is 1.00 e. The molecule has 0 aromatic heterocycles. The van der Waals surface area contributed by atoms with E-state index in [9.17, 15) is 8.76 Å². The third kappa shape index (κ3) is 4.25. The van der Waals surface area contributed by atoms with Gasteiger partial charge in [-0.25, -0.2) is 0 Å². The first-order chi connectivity index (χ1) is 6.24. The van der Waals surface area contributed by atoms with Crippen molar-refractivity contribution in [2.24, 2.45) is 0 Å². The van der Waals surface area contributed by atoms with Crippen molar-refractivity contribution in [1.82, 2.24) is 0 Å². The Labute approximate surface area is 98.9 Å². The Kier molecular flexibility index (Phi) is 6.86. The molecule has 0 heterocycles. The third-order valence-corrected chi connectivity index (χ3v) is 2.37. The van der Waals surface area contributed by atoms with E-state index in [4.69, 9.17) is 0 Å². The van der Waals surface area contributed by atoms with Crippen molar-refractivity contribution in [1.29, 1.82) is 0 Å². The molecule has 0 bridgehead atoms. The molecule has 1 aromatic carbocycles. The van der Waals surface area contributed by atoms with E-state index in [1.54, 1.807) is 18.2 Å². The van der Waals surface area contributed by atoms with Crippen LogP contribution in [-0.2, 0) is 17.5 Å². The summed E-state index contributed by atoms with van der Waals surface area (Å²) >= 11 is -2.12. The molecule has 1 unspecified atom stereocenters. The second-order valence-corrected chi connectivity index (χ2v) is 3.65. The zero-order valence-electron chi connectivity index (χ0n) is 8.23. The van der Waals surface area contributed by atoms with Gasteiger partial charge in [0, 0.05) is 4.90 Å². The average Bonchev–Trinajstić information content (AvgIpc) is 2.15. The maximum atomic E-state index is 10.6. The molecule has 1 rings (SSSR count). The summed E-state index contributed by atoms with van der Waals surface area (Å²) < 4.78 is 21.2. The van der Waals surface area contributed by atoms with Crippen molar-refractivity contribution in [3.05, 3.63) is 42.5 Å². The first-order valence-electron chi connectivity index (χ1n) is 4.03. The molecule has 0 fully saturated rings. The molecule has 0 amide bonds. The summed E-state index contributed by atoms with van der Waals surface area (Å²) in [5, 5.41) is 0. The van der Waals surface area contributed by atoms with E-state index >= 15 is 0 Å². The van der Waals surface area contributed by atoms with Gasteiger partial charge in [-0.05, 0) is 41.6 Å². The van der Waals surface area contributed by atoms with Crippen LogP contribution < -0.4 is 18.9 Å². The number of allylic oxidation sites excluding steroid dienone is 1. The maximum absolute atomic E-state index is 10.6. The fourth-order valence-electron chi connectivity index (χ4n) is 1.07. The molecule has 0 radical (unpaired) electrons. The monoisotopic (exact) mass is 202 g/mol. The third-order valence-electron chi connectivity index (χ3n) is 1.73. The van der Waals surface area contributed by atoms with E-state index in [-0.39, 0.29) is 18.9 Å². The molecule has 1 atom stereocenters. The molecule has 0 saturated carbocycles. The molecule has 0 aliphatic rings. The minimum Gasteiger partial charge on any atom is -0.768 e. The summed E-state index contributed by atoms with van der Waals surface area (Å²) in [4.78, 5) is 0.349. The van der Waals surface area contributed by atoms with Gasteiger partial charge in [0.1, 0.15) is 0 Å². The Morgan fingerprint density at radius 2 is 2.21 bits per heavy atom. The first kappa shape index (κ1) is 13.7. The standard InChI is InChI=1S/C10H12O2S.Li/c1-2-3-5-9-6-4-7-10(8-9)13(11)12;/h2,4,6-8H,1,3,5H2,(H,11,12);/q;+1/p-1. The van der Waals surface area contributed by atoms with Gasteiger partial charge < -0.3 is 4.55 Å². The molecule has 0 aliphatic heterocycles. The molecule has 1 aromatic rings. The summed E-state index contributed by atoms with van der Waals surface area (Å²) in [6.45, 7) is 3.61. The van der Waals surface area contributed by atoms with Gasteiger partial charge in [-0.15, -0.1) is 6.58 Å². The van der Waals surface area contributed by atoms with Crippen molar-refractivity contribution in [2.75, 3.05) is 0 Å². The zero-order valence-corrected chi connectivity index (χ0v) is 9.05. The fraction of sp³-hybridized carbons (Fsp3) is 0.200. The Hall–Kier alpha value is -0.333. The van der Waals surface area contributed by atoms with Gasteiger partial charge in [-0.1, -0.05) is 18.2 Å². The van der Waals surface area contributed by atoms with Crippen LogP contribution in [0.15, 0.2) is 41.8 Å². The predicted molar refractivity (Wildman–Crippen MR) is 52.1 cm³/mol. The second-order valence-electron chi connectivity index (χ2n) is 2.71. The van der Waals surface area contributed by atoms with Crippen molar-refractivity contribution in [3.63, 3.8) is 0 Å². The Balaban J connectivity index is 0.00000169. The Morgan fingerprint density at radius 1 is 1.50 bits per heavy atom. The van der Waals surface area contributed by atoms with Crippen LogP contribution in [0.4, 0.5) is 0 Å². The van der Waals surface area contributed by atoms with Crippen LogP contribution in [0.25, 0.3) is 0 Å². The van der Waals surface area contributed by atoms with Crippen LogP contribution in [0.5, 0.6) is 0 Å². The molecule has 0 aliphatic carbocycles. The van der Waals surface area contributed by atoms with Crippen molar-refractivity contribution >= 4 is 11.1 Å². The van der Waals surface area contributed by atoms with Crippen molar-refractivity contribution < 1.29 is 27.6 Å². The van der Waals surface area contributed by atoms with E-state index in [0.717, 1.165) is 18.4 Å². The maximum Gasteiger partial charge on any atom is 1.00 e. The van der Waals surface area contributed by atoms with Crippen LogP contribution in [0.2, 0.25) is 0 Å². The van der Waals surface area contributed by atoms with E-state index in [1.807, 2.05) is 12.1 Å². The molecule has 0 spiro atoms. The van der Waals surface area contributed by atoms with Gasteiger partial charge >= 0.3 is 18.9 Å². The second kappa shape index (κ2) is 7.02. The van der Waals surface area contributed by atoms with E-state index < -0.39 is 11.1 Å². The molecular weight excluding hydrogens is 191 g/mol. The fourth-order valence-corrected chi connectivity index (χ4v) is 1.51. The van der Waals surface area contributed by atoms with E-state index in [1.165, 1.54) is 0 Å². The van der Waals surface area contributed by atoms with E-state index in [0.29, 0.717) is 4.90 Å². The van der Waals surface area contributed by atoms with Crippen molar-refractivity contribution in [2.45, 2.75) is 17.7 Å². The number of benzene rings is 1. The number of hydrogen-bond acceptors (Lipinski definition) is 2. The summed E-state index contributed by atoms with van der Waals surface area (Å²) in [7, 11) is 0. The molecule has 0 saturated heterocycles. The van der Waals surface area contributed by atoms with Crippen LogP contribution in [0, 0.1) is 0 Å². The van der Waals surface area contributed by atoms with Gasteiger partial charge in [-0.2, -0.15) is 0 Å². The number of aryl methyl sites for hydroxylation is 1. The van der Waals surface area contributed by atoms with Crippen LogP contribution in [-0.4, -0.2) is 8.76 Å². The molecular formula is C10H11LiO2S. The molecule has 4 heteroatoms. The van der Waals surface area contributed by atoms with Gasteiger partial charge in [0.25, 0.3) is 0 Å². The molecule has 2 nitrogen and oxygen atoms in total. The van der Waals surface area contributed by atoms with Crippen LogP contribution in [0.3, 0.4) is 0 Å². The number of hydrogen-bond donors (Lipinski definition) is 0. The average molecular weight is 202 g/mol. The smallest absolute Gasteiger partial charge is 0.768 e. The molecule has 14 heavy (non-hydrogen) atoms. The minimum atomic E-state index is -2.12. The predicted octanol–water partition coefficient (Wildman–Crippen LogP) is -0.953. The van der Waals surface area contributed by atoms with Gasteiger partial charge in [-0.3, -0.25) is 4.21 Å².